The van der Waals surface area contributed by atoms with Crippen LogP contribution in [0, 0.1) is 0 Å². The van der Waals surface area contributed by atoms with Crippen LogP contribution < -0.4 is 5.73 Å². The SMILES string of the molecule is Nc1nn(-c2ccccc2)c2c1CS(=O)(=O)C2. The summed E-state index contributed by atoms with van der Waals surface area (Å²) in [5.74, 6) is 0.326. The Morgan fingerprint density at radius 2 is 1.88 bits per heavy atom. The fraction of sp³-hybridized carbons (Fsp3) is 0.182. The van der Waals surface area contributed by atoms with Crippen LogP contribution in [0.15, 0.2) is 30.3 Å². The summed E-state index contributed by atoms with van der Waals surface area (Å²) in [6.07, 6.45) is 0. The summed E-state index contributed by atoms with van der Waals surface area (Å²) < 4.78 is 24.8. The third kappa shape index (κ3) is 1.61. The van der Waals surface area contributed by atoms with Gasteiger partial charge in [0.05, 0.1) is 22.9 Å². The predicted molar refractivity (Wildman–Crippen MR) is 64.3 cm³/mol. The first-order valence-electron chi connectivity index (χ1n) is 5.19. The van der Waals surface area contributed by atoms with E-state index in [-0.39, 0.29) is 11.5 Å². The Hall–Kier alpha value is -1.82. The summed E-state index contributed by atoms with van der Waals surface area (Å²) in [7, 11) is -3.06. The van der Waals surface area contributed by atoms with E-state index in [0.29, 0.717) is 17.1 Å². The Morgan fingerprint density at radius 3 is 2.59 bits per heavy atom. The number of rotatable bonds is 1. The number of hydrogen-bond acceptors (Lipinski definition) is 4. The van der Waals surface area contributed by atoms with E-state index < -0.39 is 9.84 Å². The minimum Gasteiger partial charge on any atom is -0.382 e. The number of anilines is 1. The van der Waals surface area contributed by atoms with E-state index in [0.717, 1.165) is 5.69 Å². The molecule has 0 bridgehead atoms. The minimum absolute atomic E-state index is 0.000992. The molecule has 0 saturated heterocycles. The first-order valence-corrected chi connectivity index (χ1v) is 7.01. The number of benzene rings is 1. The molecule has 1 aromatic carbocycles. The van der Waals surface area contributed by atoms with E-state index >= 15 is 0 Å². The second kappa shape index (κ2) is 3.33. The molecule has 2 N–H and O–H groups in total. The van der Waals surface area contributed by atoms with Crippen molar-refractivity contribution in [1.82, 2.24) is 9.78 Å². The lowest BCUT2D eigenvalue weighted by molar-refractivity contribution is 0.596. The van der Waals surface area contributed by atoms with Gasteiger partial charge < -0.3 is 5.73 Å². The number of nitrogens with zero attached hydrogens (tertiary/aromatic N) is 2. The van der Waals surface area contributed by atoms with Crippen LogP contribution in [0.5, 0.6) is 0 Å². The van der Waals surface area contributed by atoms with Gasteiger partial charge in [-0.25, -0.2) is 13.1 Å². The minimum atomic E-state index is -3.06. The maximum absolute atomic E-state index is 11.6. The van der Waals surface area contributed by atoms with Crippen LogP contribution in [0.2, 0.25) is 0 Å². The van der Waals surface area contributed by atoms with E-state index in [1.807, 2.05) is 30.3 Å². The van der Waals surface area contributed by atoms with Crippen LogP contribution in [-0.4, -0.2) is 18.2 Å². The van der Waals surface area contributed by atoms with Crippen molar-refractivity contribution in [3.8, 4) is 5.69 Å². The molecule has 0 radical (unpaired) electrons. The van der Waals surface area contributed by atoms with E-state index in [9.17, 15) is 8.42 Å². The normalized spacial score (nSPS) is 16.9. The van der Waals surface area contributed by atoms with Crippen molar-refractivity contribution >= 4 is 15.7 Å². The first-order chi connectivity index (χ1) is 8.07. The molecule has 0 amide bonds. The van der Waals surface area contributed by atoms with Gasteiger partial charge in [0.15, 0.2) is 9.84 Å². The average Bonchev–Trinajstić information content (AvgIpc) is 2.76. The van der Waals surface area contributed by atoms with Gasteiger partial charge in [0.2, 0.25) is 0 Å². The second-order valence-corrected chi connectivity index (χ2v) is 6.15. The average molecular weight is 249 g/mol. The summed E-state index contributed by atoms with van der Waals surface area (Å²) in [5.41, 5.74) is 7.92. The molecule has 1 aliphatic heterocycles. The molecule has 0 aliphatic carbocycles. The summed E-state index contributed by atoms with van der Waals surface area (Å²) >= 11 is 0. The number of sulfone groups is 1. The summed E-state index contributed by atoms with van der Waals surface area (Å²) in [6.45, 7) is 0. The van der Waals surface area contributed by atoms with Gasteiger partial charge in [-0.3, -0.25) is 0 Å². The van der Waals surface area contributed by atoms with Crippen LogP contribution >= 0.6 is 0 Å². The fourth-order valence-corrected chi connectivity index (χ4v) is 3.64. The number of nitrogen functional groups attached to an aromatic ring is 1. The Balaban J connectivity index is 2.20. The van der Waals surface area contributed by atoms with E-state index in [1.54, 1.807) is 4.68 Å². The predicted octanol–water partition coefficient (Wildman–Crippen LogP) is 0.883. The van der Waals surface area contributed by atoms with Gasteiger partial charge in [-0.05, 0) is 12.1 Å². The topological polar surface area (TPSA) is 78.0 Å². The van der Waals surface area contributed by atoms with Crippen LogP contribution in [0.4, 0.5) is 5.82 Å². The highest BCUT2D eigenvalue weighted by Crippen LogP contribution is 2.31. The van der Waals surface area contributed by atoms with Gasteiger partial charge >= 0.3 is 0 Å². The molecule has 1 aromatic heterocycles. The molecule has 5 nitrogen and oxygen atoms in total. The van der Waals surface area contributed by atoms with Gasteiger partial charge in [0.1, 0.15) is 5.82 Å². The van der Waals surface area contributed by atoms with Crippen molar-refractivity contribution in [2.45, 2.75) is 11.5 Å². The summed E-state index contributed by atoms with van der Waals surface area (Å²) in [6, 6.07) is 9.40. The van der Waals surface area contributed by atoms with Crippen molar-refractivity contribution in [1.29, 1.82) is 0 Å². The van der Waals surface area contributed by atoms with Gasteiger partial charge in [0, 0.05) is 5.56 Å². The second-order valence-electron chi connectivity index (χ2n) is 4.09. The van der Waals surface area contributed by atoms with E-state index in [2.05, 4.69) is 5.10 Å². The monoisotopic (exact) mass is 249 g/mol. The molecule has 17 heavy (non-hydrogen) atoms. The maximum Gasteiger partial charge on any atom is 0.160 e. The van der Waals surface area contributed by atoms with Crippen LogP contribution in [0.25, 0.3) is 5.69 Å². The highest BCUT2D eigenvalue weighted by atomic mass is 32.2. The van der Waals surface area contributed by atoms with Crippen LogP contribution in [0.3, 0.4) is 0 Å². The third-order valence-corrected chi connectivity index (χ3v) is 4.28. The molecule has 2 aromatic rings. The maximum atomic E-state index is 11.6. The van der Waals surface area contributed by atoms with Gasteiger partial charge in [0.25, 0.3) is 0 Å². The standard InChI is InChI=1S/C11H11N3O2S/c12-11-9-6-17(15,16)7-10(9)14(13-11)8-4-2-1-3-5-8/h1-5H,6-7H2,(H2,12,13). The lowest BCUT2D eigenvalue weighted by Crippen LogP contribution is -2.05. The van der Waals surface area contributed by atoms with Crippen molar-refractivity contribution < 1.29 is 8.42 Å². The van der Waals surface area contributed by atoms with Crippen LogP contribution in [-0.2, 0) is 21.3 Å². The van der Waals surface area contributed by atoms with Crippen molar-refractivity contribution in [2.75, 3.05) is 5.73 Å². The lowest BCUT2D eigenvalue weighted by atomic mass is 10.2. The smallest absolute Gasteiger partial charge is 0.160 e. The molecule has 0 spiro atoms. The number of nitrogens with two attached hydrogens (primary N) is 1. The number of para-hydroxylation sites is 1. The lowest BCUT2D eigenvalue weighted by Gasteiger charge is -2.03. The molecule has 6 heteroatoms. The van der Waals surface area contributed by atoms with E-state index in [4.69, 9.17) is 5.73 Å². The Morgan fingerprint density at radius 1 is 1.18 bits per heavy atom. The number of fused-ring (bicyclic) bond motifs is 1. The molecule has 1 aliphatic rings. The Bertz CT molecular complexity index is 674. The van der Waals surface area contributed by atoms with Gasteiger partial charge in [-0.1, -0.05) is 18.2 Å². The van der Waals surface area contributed by atoms with Crippen LogP contribution in [0.1, 0.15) is 11.3 Å². The molecule has 0 unspecified atom stereocenters. The molecule has 2 heterocycles. The summed E-state index contributed by atoms with van der Waals surface area (Å²) in [5, 5.41) is 4.20. The first kappa shape index (κ1) is 10.3. The Labute approximate surface area is 98.8 Å². The zero-order valence-corrected chi connectivity index (χ0v) is 9.81. The van der Waals surface area contributed by atoms with Gasteiger partial charge in [-0.2, -0.15) is 5.10 Å². The van der Waals surface area contributed by atoms with Crippen molar-refractivity contribution in [3.63, 3.8) is 0 Å². The molecule has 88 valence electrons. The molecule has 3 rings (SSSR count). The van der Waals surface area contributed by atoms with Crippen molar-refractivity contribution in [3.05, 3.63) is 41.6 Å². The zero-order chi connectivity index (χ0) is 12.0. The van der Waals surface area contributed by atoms with Crippen molar-refractivity contribution in [2.24, 2.45) is 0 Å². The number of aromatic nitrogens is 2. The molecule has 0 fully saturated rings. The quantitative estimate of drug-likeness (QED) is 0.814. The largest absolute Gasteiger partial charge is 0.382 e. The number of hydrogen-bond donors (Lipinski definition) is 1. The Kier molecular flexibility index (Phi) is 2.03. The molecule has 0 saturated carbocycles. The zero-order valence-electron chi connectivity index (χ0n) is 9.00. The molecular weight excluding hydrogens is 238 g/mol. The highest BCUT2D eigenvalue weighted by molar-refractivity contribution is 7.90. The fourth-order valence-electron chi connectivity index (χ4n) is 2.07. The van der Waals surface area contributed by atoms with E-state index in [1.165, 1.54) is 0 Å². The van der Waals surface area contributed by atoms with Gasteiger partial charge in [-0.15, -0.1) is 0 Å². The molecular formula is C11H11N3O2S. The highest BCUT2D eigenvalue weighted by Gasteiger charge is 2.31. The third-order valence-electron chi connectivity index (χ3n) is 2.84. The summed E-state index contributed by atoms with van der Waals surface area (Å²) in [4.78, 5) is 0. The molecule has 0 atom stereocenters.